The third-order valence-electron chi connectivity index (χ3n) is 15.1. The van der Waals surface area contributed by atoms with Crippen LogP contribution >= 0.6 is 0 Å². The Balaban J connectivity index is 1.22. The van der Waals surface area contributed by atoms with Gasteiger partial charge in [0.1, 0.15) is 5.25 Å². The number of ether oxygens (including phenoxy) is 4. The summed E-state index contributed by atoms with van der Waals surface area (Å²) < 4.78 is 70.4. The molecule has 0 amide bonds. The van der Waals surface area contributed by atoms with Gasteiger partial charge in [0.15, 0.2) is 29.7 Å². The van der Waals surface area contributed by atoms with E-state index in [1.54, 1.807) is 36.4 Å². The van der Waals surface area contributed by atoms with Crippen molar-refractivity contribution in [1.29, 1.82) is 0 Å². The quantitative estimate of drug-likeness (QED) is 0.0244. The van der Waals surface area contributed by atoms with Crippen LogP contribution in [0.1, 0.15) is 98.1 Å². The van der Waals surface area contributed by atoms with Gasteiger partial charge in [-0.1, -0.05) is 206 Å². The topological polar surface area (TPSA) is 107 Å². The van der Waals surface area contributed by atoms with Crippen LogP contribution in [0.3, 0.4) is 0 Å². The number of carbonyl (C=O) groups excluding carboxylic acids is 1. The average molecular weight is 1070 g/mol. The molecule has 0 fully saturated rings. The maximum Gasteiger partial charge on any atom is 0.261 e. The largest absolute Gasteiger partial charge is 0.411 e. The van der Waals surface area contributed by atoms with Crippen molar-refractivity contribution in [3.8, 4) is 0 Å². The fraction of sp³-hybridized carbons (Fsp3) is 0.444. The average Bonchev–Trinajstić information content (AvgIpc) is 3.44. The van der Waals surface area contributed by atoms with E-state index < -0.39 is 67.5 Å². The van der Waals surface area contributed by atoms with Crippen molar-refractivity contribution in [2.45, 2.75) is 158 Å². The molecule has 0 N–H and O–H groups in total. The van der Waals surface area contributed by atoms with Gasteiger partial charge >= 0.3 is 0 Å². The smallest absolute Gasteiger partial charge is 0.261 e. The summed E-state index contributed by atoms with van der Waals surface area (Å²) in [6.07, 6.45) is 9.15. The molecule has 404 valence electrons. The van der Waals surface area contributed by atoms with Crippen molar-refractivity contribution >= 4 is 42.6 Å². The predicted octanol–water partition coefficient (Wildman–Crippen LogP) is 13.0. The van der Waals surface area contributed by atoms with Crippen LogP contribution in [0.5, 0.6) is 0 Å². The van der Waals surface area contributed by atoms with E-state index >= 15 is 4.79 Å². The fourth-order valence-corrected chi connectivity index (χ4v) is 19.9. The molecule has 1 heterocycles. The molecule has 9 nitrogen and oxygen atoms in total. The van der Waals surface area contributed by atoms with Crippen LogP contribution in [0, 0.1) is 5.92 Å². The lowest BCUT2D eigenvalue weighted by Gasteiger charge is -2.43. The molecule has 12 heteroatoms. The number of ketones is 1. The normalized spacial score (nSPS) is 18.2. The number of unbranched alkanes of at least 4 members (excludes halogenated alkanes) is 1. The van der Waals surface area contributed by atoms with E-state index in [9.17, 15) is 8.42 Å². The second kappa shape index (κ2) is 28.7. The number of methoxy groups -OCH3 is 1. The standard InChI is InChI=1S/C63H84O9SSi2/c1-9-74(10-2,11-3)72-58(43-46-68-49-52-31-18-12-19-32-52)59(69-50-53-33-20-13-21-34-53)47-51(4)61(64)60(73(65,66)55-37-23-14-24-38-55)48-63(67-8)44-30-36-54(71-63)35-22-17-29-45-70-75(62(5,6)7,56-39-25-15-26-40-56)57-41-27-16-28-42-57/h12-16,18-28,30-35,37-42,44,51,54,58-60H,9-11,17,29,36,43,45-50H2,1-8H3/b35-22+/t51-,54-,58-,59-,60?,63-/m1/s1. The monoisotopic (exact) mass is 1070 g/mol. The Kier molecular flexibility index (Phi) is 22.8. The number of carbonyl (C=O) groups is 1. The molecule has 5 aromatic carbocycles. The Hall–Kier alpha value is -4.61. The third-order valence-corrected chi connectivity index (χ3v) is 26.8. The summed E-state index contributed by atoms with van der Waals surface area (Å²) >= 11 is 0. The Morgan fingerprint density at radius 2 is 1.28 bits per heavy atom. The molecular weight excluding hydrogens is 989 g/mol. The lowest BCUT2D eigenvalue weighted by molar-refractivity contribution is -0.213. The van der Waals surface area contributed by atoms with Crippen molar-refractivity contribution in [1.82, 2.24) is 0 Å². The highest BCUT2D eigenvalue weighted by Gasteiger charge is 2.50. The highest BCUT2D eigenvalue weighted by molar-refractivity contribution is 7.92. The van der Waals surface area contributed by atoms with Crippen molar-refractivity contribution in [2.24, 2.45) is 5.92 Å². The molecule has 0 bridgehead atoms. The minimum Gasteiger partial charge on any atom is -0.411 e. The molecule has 1 aliphatic heterocycles. The number of hydrogen-bond acceptors (Lipinski definition) is 9. The summed E-state index contributed by atoms with van der Waals surface area (Å²) in [6, 6.07) is 52.4. The van der Waals surface area contributed by atoms with E-state index in [0.29, 0.717) is 39.3 Å². The molecule has 1 aliphatic rings. The van der Waals surface area contributed by atoms with Gasteiger partial charge in [0.25, 0.3) is 8.32 Å². The van der Waals surface area contributed by atoms with Crippen LogP contribution < -0.4 is 10.4 Å². The maximum absolute atomic E-state index is 15.3. The van der Waals surface area contributed by atoms with Crippen molar-refractivity contribution in [3.63, 3.8) is 0 Å². The lowest BCUT2D eigenvalue weighted by atomic mass is 9.91. The molecule has 0 aromatic heterocycles. The first-order valence-electron chi connectivity index (χ1n) is 27.2. The number of allylic oxidation sites excluding steroid dienone is 1. The fourth-order valence-electron chi connectivity index (χ4n) is 10.5. The molecule has 0 spiro atoms. The van der Waals surface area contributed by atoms with Gasteiger partial charge in [-0.05, 0) is 95.0 Å². The summed E-state index contributed by atoms with van der Waals surface area (Å²) in [5.74, 6) is -2.68. The Morgan fingerprint density at radius 1 is 0.747 bits per heavy atom. The van der Waals surface area contributed by atoms with Gasteiger partial charge in [0, 0.05) is 32.7 Å². The Bertz CT molecular complexity index is 2560. The van der Waals surface area contributed by atoms with Crippen LogP contribution in [0.25, 0.3) is 0 Å². The second-order valence-corrected chi connectivity index (χ2v) is 32.2. The SMILES string of the molecule is CC[Si](CC)(CC)O[C@H](CCOCc1ccccc1)[C@@H](C[C@@H](C)C(=O)C(C[C@@]1(OC)C=CC[C@@H](/C=C/CCCO[Si](c2ccccc2)(c2ccccc2)C(C)(C)C)O1)S(=O)(=O)c1ccccc1)OCc1ccccc1. The van der Waals surface area contributed by atoms with Crippen molar-refractivity contribution in [2.75, 3.05) is 20.3 Å². The molecule has 1 unspecified atom stereocenters. The van der Waals surface area contributed by atoms with E-state index in [1.165, 1.54) is 17.5 Å². The van der Waals surface area contributed by atoms with Crippen LogP contribution in [0.4, 0.5) is 0 Å². The van der Waals surface area contributed by atoms with Crippen LogP contribution in [-0.4, -0.2) is 80.5 Å². The highest BCUT2D eigenvalue weighted by atomic mass is 32.2. The minimum absolute atomic E-state index is 0.0663. The minimum atomic E-state index is -4.25. The van der Waals surface area contributed by atoms with Crippen LogP contribution in [0.2, 0.25) is 23.2 Å². The van der Waals surface area contributed by atoms with Gasteiger partial charge in [0.2, 0.25) is 0 Å². The predicted molar refractivity (Wildman–Crippen MR) is 309 cm³/mol. The summed E-state index contributed by atoms with van der Waals surface area (Å²) in [5, 5.41) is 0.869. The van der Waals surface area contributed by atoms with E-state index in [4.69, 9.17) is 27.8 Å². The van der Waals surface area contributed by atoms with E-state index in [0.717, 1.165) is 42.1 Å². The van der Waals surface area contributed by atoms with Gasteiger partial charge < -0.3 is 27.8 Å². The number of hydrogen-bond donors (Lipinski definition) is 0. The molecule has 6 rings (SSSR count). The highest BCUT2D eigenvalue weighted by Crippen LogP contribution is 2.38. The van der Waals surface area contributed by atoms with Crippen LogP contribution in [0.15, 0.2) is 181 Å². The first-order chi connectivity index (χ1) is 36.1. The summed E-state index contributed by atoms with van der Waals surface area (Å²) in [4.78, 5) is 15.4. The van der Waals surface area contributed by atoms with Gasteiger partial charge in [-0.25, -0.2) is 8.42 Å². The summed E-state index contributed by atoms with van der Waals surface area (Å²) in [5.41, 5.74) is 2.07. The molecular formula is C63H84O9SSi2. The molecule has 0 aliphatic carbocycles. The lowest BCUT2D eigenvalue weighted by Crippen LogP contribution is -2.66. The maximum atomic E-state index is 15.3. The molecule has 6 atom stereocenters. The van der Waals surface area contributed by atoms with Gasteiger partial charge in [-0.3, -0.25) is 4.79 Å². The van der Waals surface area contributed by atoms with Gasteiger partial charge in [0.05, 0.1) is 36.4 Å². The molecule has 0 saturated carbocycles. The number of sulfone groups is 1. The van der Waals surface area contributed by atoms with Crippen molar-refractivity contribution in [3.05, 3.63) is 187 Å². The third kappa shape index (κ3) is 16.0. The van der Waals surface area contributed by atoms with E-state index in [2.05, 4.69) is 108 Å². The first-order valence-corrected chi connectivity index (χ1v) is 33.2. The van der Waals surface area contributed by atoms with E-state index in [-0.39, 0.29) is 22.8 Å². The Labute approximate surface area is 452 Å². The second-order valence-electron chi connectivity index (χ2n) is 21.0. The molecule has 75 heavy (non-hydrogen) atoms. The summed E-state index contributed by atoms with van der Waals surface area (Å²) in [7, 11) is -7.64. The zero-order valence-corrected chi connectivity index (χ0v) is 48.7. The Morgan fingerprint density at radius 3 is 1.81 bits per heavy atom. The first kappa shape index (κ1) is 59.6. The van der Waals surface area contributed by atoms with Crippen molar-refractivity contribution < 1.29 is 41.0 Å². The number of rotatable bonds is 31. The molecule has 0 radical (unpaired) electrons. The van der Waals surface area contributed by atoms with E-state index in [1.807, 2.05) is 79.7 Å². The zero-order valence-electron chi connectivity index (χ0n) is 45.9. The molecule has 5 aromatic rings. The molecule has 0 saturated heterocycles. The van der Waals surface area contributed by atoms with Gasteiger partial charge in [-0.2, -0.15) is 0 Å². The zero-order chi connectivity index (χ0) is 53.8. The van der Waals surface area contributed by atoms with Gasteiger partial charge in [-0.15, -0.1) is 0 Å². The number of benzene rings is 5. The summed E-state index contributed by atoms with van der Waals surface area (Å²) in [6.45, 7) is 17.0. The van der Waals surface area contributed by atoms with Crippen LogP contribution in [-0.2, 0) is 55.6 Å². The number of Topliss-reactive ketones (excluding diaryl/α,β-unsaturated/α-hetero) is 1.